The van der Waals surface area contributed by atoms with Gasteiger partial charge in [0.2, 0.25) is 0 Å². The molecule has 0 saturated carbocycles. The molecular weight excluding hydrogens is 563 g/mol. The summed E-state index contributed by atoms with van der Waals surface area (Å²) in [5.41, 5.74) is 2.78. The summed E-state index contributed by atoms with van der Waals surface area (Å²) in [6.45, 7) is -0.305. The Morgan fingerprint density at radius 1 is 1.20 bits per heavy atom. The summed E-state index contributed by atoms with van der Waals surface area (Å²) in [4.78, 5) is 22.3. The average Bonchev–Trinajstić information content (AvgIpc) is 3.21. The van der Waals surface area contributed by atoms with Crippen molar-refractivity contribution in [2.24, 2.45) is 7.05 Å². The first kappa shape index (κ1) is 25.1. The minimum absolute atomic E-state index is 0.0645. The van der Waals surface area contributed by atoms with Gasteiger partial charge in [-0.2, -0.15) is 0 Å². The number of anilines is 2. The largest absolute Gasteiger partial charge is 0.351 e. The standard InChI is InChI=1S/C23H19BrClFN4O4S/c1-30-13-27-22-19(30)12-16(21(20(22)26)28-18-8-7-14(24)11-17(18)25)23(31)29-34-9-10-35(32,33)15-5-3-2-4-6-15/h2-8,11-13,28H,9-10H2,1H3,(H,29,31). The van der Waals surface area contributed by atoms with Gasteiger partial charge in [-0.15, -0.1) is 0 Å². The highest BCUT2D eigenvalue weighted by Crippen LogP contribution is 2.34. The van der Waals surface area contributed by atoms with Crippen LogP contribution in [-0.4, -0.2) is 36.2 Å². The molecule has 0 aliphatic rings. The molecule has 4 aromatic rings. The van der Waals surface area contributed by atoms with Gasteiger partial charge in [0.15, 0.2) is 15.7 Å². The van der Waals surface area contributed by atoms with Crippen molar-refractivity contribution in [2.75, 3.05) is 17.7 Å². The number of hydroxylamine groups is 1. The number of rotatable bonds is 8. The van der Waals surface area contributed by atoms with Crippen molar-refractivity contribution in [3.8, 4) is 0 Å². The van der Waals surface area contributed by atoms with Crippen LogP contribution in [0.15, 0.2) is 70.3 Å². The molecule has 2 N–H and O–H groups in total. The van der Waals surface area contributed by atoms with Gasteiger partial charge in [0.1, 0.15) is 5.52 Å². The molecule has 0 aliphatic heterocycles. The summed E-state index contributed by atoms with van der Waals surface area (Å²) in [7, 11) is -1.93. The molecular formula is C23H19BrClFN4O4S. The molecule has 0 aliphatic carbocycles. The number of imidazole rings is 1. The maximum absolute atomic E-state index is 15.4. The summed E-state index contributed by atoms with van der Waals surface area (Å²) in [5.74, 6) is -1.88. The maximum Gasteiger partial charge on any atom is 0.277 e. The van der Waals surface area contributed by atoms with Gasteiger partial charge < -0.3 is 9.88 Å². The Kier molecular flexibility index (Phi) is 7.41. The lowest BCUT2D eigenvalue weighted by atomic mass is 10.1. The minimum atomic E-state index is -3.59. The topological polar surface area (TPSA) is 102 Å². The molecule has 0 bridgehead atoms. The summed E-state index contributed by atoms with van der Waals surface area (Å²) in [6, 6.07) is 14.3. The van der Waals surface area contributed by atoms with Crippen LogP contribution in [0.25, 0.3) is 11.0 Å². The smallest absolute Gasteiger partial charge is 0.277 e. The predicted molar refractivity (Wildman–Crippen MR) is 135 cm³/mol. The lowest BCUT2D eigenvalue weighted by molar-refractivity contribution is 0.0371. The number of aryl methyl sites for hydroxylation is 1. The number of hydrogen-bond acceptors (Lipinski definition) is 6. The molecule has 0 atom stereocenters. The quantitative estimate of drug-likeness (QED) is 0.224. The molecule has 12 heteroatoms. The number of carbonyl (C=O) groups is 1. The van der Waals surface area contributed by atoms with E-state index in [2.05, 4.69) is 31.7 Å². The molecule has 1 amide bonds. The van der Waals surface area contributed by atoms with Gasteiger partial charge >= 0.3 is 0 Å². The fraction of sp³-hybridized carbons (Fsp3) is 0.130. The molecule has 4 rings (SSSR count). The van der Waals surface area contributed by atoms with E-state index in [-0.39, 0.29) is 34.0 Å². The third-order valence-electron chi connectivity index (χ3n) is 5.12. The van der Waals surface area contributed by atoms with Gasteiger partial charge in [-0.1, -0.05) is 45.7 Å². The monoisotopic (exact) mass is 580 g/mol. The molecule has 0 spiro atoms. The third kappa shape index (κ3) is 5.48. The molecule has 0 unspecified atom stereocenters. The molecule has 1 heterocycles. The first-order chi connectivity index (χ1) is 16.7. The highest BCUT2D eigenvalue weighted by Gasteiger charge is 2.23. The number of amides is 1. The van der Waals surface area contributed by atoms with Crippen LogP contribution in [0.3, 0.4) is 0 Å². The van der Waals surface area contributed by atoms with Gasteiger partial charge in [-0.05, 0) is 36.4 Å². The van der Waals surface area contributed by atoms with Gasteiger partial charge in [0, 0.05) is 11.5 Å². The zero-order valence-corrected chi connectivity index (χ0v) is 21.4. The Morgan fingerprint density at radius 3 is 2.66 bits per heavy atom. The van der Waals surface area contributed by atoms with E-state index in [9.17, 15) is 13.2 Å². The first-order valence-electron chi connectivity index (χ1n) is 10.2. The summed E-state index contributed by atoms with van der Waals surface area (Å²) < 4.78 is 42.5. The van der Waals surface area contributed by atoms with Crippen LogP contribution < -0.4 is 10.8 Å². The van der Waals surface area contributed by atoms with E-state index in [0.29, 0.717) is 16.2 Å². The van der Waals surface area contributed by atoms with Gasteiger partial charge in [0.25, 0.3) is 5.91 Å². The van der Waals surface area contributed by atoms with E-state index in [4.69, 9.17) is 16.4 Å². The number of sulfone groups is 1. The Bertz CT molecular complexity index is 1510. The van der Waals surface area contributed by atoms with E-state index in [1.165, 1.54) is 24.5 Å². The Hall–Kier alpha value is -2.99. The molecule has 35 heavy (non-hydrogen) atoms. The third-order valence-corrected chi connectivity index (χ3v) is 7.62. The van der Waals surface area contributed by atoms with Gasteiger partial charge in [0.05, 0.1) is 51.1 Å². The van der Waals surface area contributed by atoms with Crippen molar-refractivity contribution in [3.63, 3.8) is 0 Å². The second-order valence-corrected chi connectivity index (χ2v) is 10.9. The molecule has 0 fully saturated rings. The molecule has 0 radical (unpaired) electrons. The highest BCUT2D eigenvalue weighted by atomic mass is 79.9. The lowest BCUT2D eigenvalue weighted by Gasteiger charge is -2.15. The van der Waals surface area contributed by atoms with Crippen molar-refractivity contribution in [1.29, 1.82) is 0 Å². The van der Waals surface area contributed by atoms with Gasteiger partial charge in [-0.3, -0.25) is 9.63 Å². The number of halogens is 3. The number of aromatic nitrogens is 2. The van der Waals surface area contributed by atoms with Crippen LogP contribution in [0.1, 0.15) is 10.4 Å². The van der Waals surface area contributed by atoms with E-state index < -0.39 is 21.6 Å². The van der Waals surface area contributed by atoms with E-state index in [1.54, 1.807) is 48.0 Å². The van der Waals surface area contributed by atoms with Gasteiger partial charge in [-0.25, -0.2) is 23.3 Å². The molecule has 1 aromatic heterocycles. The van der Waals surface area contributed by atoms with Crippen LogP contribution in [0, 0.1) is 5.82 Å². The lowest BCUT2D eigenvalue weighted by Crippen LogP contribution is -2.27. The zero-order chi connectivity index (χ0) is 25.2. The number of nitrogens with one attached hydrogen (secondary N) is 2. The predicted octanol–water partition coefficient (Wildman–Crippen LogP) is 5.01. The minimum Gasteiger partial charge on any atom is -0.351 e. The van der Waals surface area contributed by atoms with E-state index >= 15 is 4.39 Å². The summed E-state index contributed by atoms with van der Waals surface area (Å²) >= 11 is 9.58. The number of fused-ring (bicyclic) bond motifs is 1. The number of benzene rings is 3. The van der Waals surface area contributed by atoms with Crippen molar-refractivity contribution < 1.29 is 22.4 Å². The Labute approximate surface area is 214 Å². The Balaban J connectivity index is 1.56. The van der Waals surface area contributed by atoms with E-state index in [0.717, 1.165) is 4.47 Å². The van der Waals surface area contributed by atoms with Crippen LogP contribution in [0.5, 0.6) is 0 Å². The first-order valence-corrected chi connectivity index (χ1v) is 13.1. The van der Waals surface area contributed by atoms with E-state index in [1.807, 2.05) is 0 Å². The second-order valence-electron chi connectivity index (χ2n) is 7.50. The zero-order valence-electron chi connectivity index (χ0n) is 18.3. The normalized spacial score (nSPS) is 11.5. The molecule has 182 valence electrons. The molecule has 0 saturated heterocycles. The fourth-order valence-corrected chi connectivity index (χ4v) is 5.15. The van der Waals surface area contributed by atoms with Crippen LogP contribution in [0.4, 0.5) is 15.8 Å². The van der Waals surface area contributed by atoms with Crippen LogP contribution >= 0.6 is 27.5 Å². The Morgan fingerprint density at radius 2 is 1.94 bits per heavy atom. The van der Waals surface area contributed by atoms with Crippen LogP contribution in [-0.2, 0) is 21.7 Å². The number of carbonyl (C=O) groups excluding carboxylic acids is 1. The van der Waals surface area contributed by atoms with Crippen molar-refractivity contribution in [3.05, 3.63) is 81.8 Å². The second kappa shape index (κ2) is 10.3. The van der Waals surface area contributed by atoms with Crippen molar-refractivity contribution in [2.45, 2.75) is 4.90 Å². The maximum atomic E-state index is 15.4. The molecule has 3 aromatic carbocycles. The fourth-order valence-electron chi connectivity index (χ4n) is 3.32. The summed E-state index contributed by atoms with van der Waals surface area (Å²) in [5, 5.41) is 3.17. The highest BCUT2D eigenvalue weighted by molar-refractivity contribution is 9.10. The van der Waals surface area contributed by atoms with Crippen LogP contribution in [0.2, 0.25) is 5.02 Å². The van der Waals surface area contributed by atoms with Crippen molar-refractivity contribution >= 4 is 65.7 Å². The number of hydrogen-bond donors (Lipinski definition) is 2. The average molecular weight is 582 g/mol. The SMILES string of the molecule is Cn1cnc2c(F)c(Nc3ccc(Br)cc3Cl)c(C(=O)NOCCS(=O)(=O)c3ccccc3)cc21. The molecule has 8 nitrogen and oxygen atoms in total. The van der Waals surface area contributed by atoms with Crippen molar-refractivity contribution in [1.82, 2.24) is 15.0 Å². The summed E-state index contributed by atoms with van der Waals surface area (Å²) in [6.07, 6.45) is 1.43. The number of nitrogens with zero attached hydrogens (tertiary/aromatic N) is 2.